The van der Waals surface area contributed by atoms with Gasteiger partial charge in [-0.1, -0.05) is 17.7 Å². The second kappa shape index (κ2) is 8.66. The van der Waals surface area contributed by atoms with Gasteiger partial charge in [-0.25, -0.2) is 4.79 Å². The van der Waals surface area contributed by atoms with Gasteiger partial charge >= 0.3 is 12.2 Å². The minimum atomic E-state index is -4.43. The highest BCUT2D eigenvalue weighted by atomic mass is 35.5. The number of halogens is 4. The van der Waals surface area contributed by atoms with Crippen LogP contribution in [0.4, 0.5) is 23.7 Å². The molecule has 2 amide bonds. The number of pyridine rings is 1. The lowest BCUT2D eigenvalue weighted by molar-refractivity contribution is -0.137. The van der Waals surface area contributed by atoms with Crippen LogP contribution in [-0.2, 0) is 6.18 Å². The molecule has 10 heteroatoms. The van der Waals surface area contributed by atoms with E-state index in [9.17, 15) is 23.1 Å². The SMILES string of the molecule is O=C(Nc1ccc(C(F)(F)F)cc1)N1CC=C(c2ncc(/C(O)=C\O)cc2Cl)CC1. The summed E-state index contributed by atoms with van der Waals surface area (Å²) in [6.45, 7) is 0.628. The number of aliphatic hydroxyl groups is 2. The normalized spacial score (nSPS) is 15.0. The van der Waals surface area contributed by atoms with E-state index < -0.39 is 17.8 Å². The molecule has 30 heavy (non-hydrogen) atoms. The van der Waals surface area contributed by atoms with Crippen molar-refractivity contribution in [3.8, 4) is 0 Å². The summed E-state index contributed by atoms with van der Waals surface area (Å²) in [4.78, 5) is 18.1. The monoisotopic (exact) mass is 439 g/mol. The Bertz CT molecular complexity index is 1000. The van der Waals surface area contributed by atoms with Crippen molar-refractivity contribution in [1.82, 2.24) is 9.88 Å². The van der Waals surface area contributed by atoms with Crippen molar-refractivity contribution in [2.45, 2.75) is 12.6 Å². The first-order chi connectivity index (χ1) is 14.2. The van der Waals surface area contributed by atoms with E-state index in [0.29, 0.717) is 24.9 Å². The van der Waals surface area contributed by atoms with E-state index in [1.54, 1.807) is 6.08 Å². The molecule has 2 aromatic rings. The molecule has 0 bridgehead atoms. The fraction of sp³-hybridized carbons (Fsp3) is 0.200. The Morgan fingerprint density at radius 1 is 1.27 bits per heavy atom. The first-order valence-electron chi connectivity index (χ1n) is 8.81. The van der Waals surface area contributed by atoms with Gasteiger partial charge in [-0.2, -0.15) is 13.2 Å². The maximum Gasteiger partial charge on any atom is 0.416 e. The molecule has 2 heterocycles. The van der Waals surface area contributed by atoms with Crippen LogP contribution in [0.2, 0.25) is 5.02 Å². The number of amides is 2. The van der Waals surface area contributed by atoms with Crippen LogP contribution >= 0.6 is 11.6 Å². The third-order valence-corrected chi connectivity index (χ3v) is 4.81. The van der Waals surface area contributed by atoms with Gasteiger partial charge in [0, 0.05) is 30.5 Å². The minimum Gasteiger partial charge on any atom is -0.512 e. The Morgan fingerprint density at radius 2 is 1.97 bits per heavy atom. The number of alkyl halides is 3. The Morgan fingerprint density at radius 3 is 2.50 bits per heavy atom. The van der Waals surface area contributed by atoms with Gasteiger partial charge in [-0.05, 0) is 42.3 Å². The van der Waals surface area contributed by atoms with Gasteiger partial charge in [0.25, 0.3) is 0 Å². The molecule has 1 aliphatic rings. The maximum absolute atomic E-state index is 12.6. The fourth-order valence-electron chi connectivity index (χ4n) is 2.90. The number of benzene rings is 1. The first kappa shape index (κ1) is 21.5. The third-order valence-electron chi connectivity index (χ3n) is 4.52. The highest BCUT2D eigenvalue weighted by Crippen LogP contribution is 2.31. The number of urea groups is 1. The molecule has 1 aliphatic heterocycles. The molecule has 6 nitrogen and oxygen atoms in total. The lowest BCUT2D eigenvalue weighted by Gasteiger charge is -2.27. The zero-order valence-corrected chi connectivity index (χ0v) is 16.2. The molecule has 0 fully saturated rings. The second-order valence-electron chi connectivity index (χ2n) is 6.50. The van der Waals surface area contributed by atoms with Crippen molar-refractivity contribution >= 4 is 34.7 Å². The number of carbonyl (C=O) groups is 1. The van der Waals surface area contributed by atoms with Crippen LogP contribution in [0.3, 0.4) is 0 Å². The van der Waals surface area contributed by atoms with Crippen LogP contribution < -0.4 is 5.32 Å². The molecule has 0 saturated carbocycles. The third kappa shape index (κ3) is 4.85. The molecule has 3 N–H and O–H groups in total. The average Bonchev–Trinajstić information content (AvgIpc) is 2.73. The smallest absolute Gasteiger partial charge is 0.416 e. The van der Waals surface area contributed by atoms with Gasteiger partial charge in [0.2, 0.25) is 0 Å². The molecule has 3 rings (SSSR count). The van der Waals surface area contributed by atoms with E-state index in [2.05, 4.69) is 10.3 Å². The van der Waals surface area contributed by atoms with Crippen molar-refractivity contribution in [2.24, 2.45) is 0 Å². The molecule has 0 atom stereocenters. The summed E-state index contributed by atoms with van der Waals surface area (Å²) in [6.07, 6.45) is -0.273. The summed E-state index contributed by atoms with van der Waals surface area (Å²) in [7, 11) is 0. The Labute approximate surface area is 174 Å². The molecule has 0 unspecified atom stereocenters. The van der Waals surface area contributed by atoms with E-state index in [-0.39, 0.29) is 28.6 Å². The van der Waals surface area contributed by atoms with Crippen molar-refractivity contribution in [3.63, 3.8) is 0 Å². The lowest BCUT2D eigenvalue weighted by Crippen LogP contribution is -2.38. The van der Waals surface area contributed by atoms with Gasteiger partial charge in [-0.3, -0.25) is 4.98 Å². The van der Waals surface area contributed by atoms with Crippen LogP contribution in [0, 0.1) is 0 Å². The summed E-state index contributed by atoms with van der Waals surface area (Å²) >= 11 is 6.22. The zero-order chi connectivity index (χ0) is 21.9. The van der Waals surface area contributed by atoms with E-state index in [4.69, 9.17) is 16.7 Å². The summed E-state index contributed by atoms with van der Waals surface area (Å²) in [5.41, 5.74) is 1.07. The number of hydrogen-bond donors (Lipinski definition) is 3. The molecule has 0 radical (unpaired) electrons. The first-order valence-corrected chi connectivity index (χ1v) is 9.18. The van der Waals surface area contributed by atoms with Crippen LogP contribution in [-0.4, -0.2) is 39.2 Å². The molecule has 0 spiro atoms. The summed E-state index contributed by atoms with van der Waals surface area (Å²) in [6, 6.07) is 5.25. The average molecular weight is 440 g/mol. The number of hydrogen-bond acceptors (Lipinski definition) is 4. The highest BCUT2D eigenvalue weighted by Gasteiger charge is 2.30. The van der Waals surface area contributed by atoms with Crippen molar-refractivity contribution in [3.05, 3.63) is 70.7 Å². The maximum atomic E-state index is 12.6. The van der Waals surface area contributed by atoms with Crippen molar-refractivity contribution in [2.75, 3.05) is 18.4 Å². The van der Waals surface area contributed by atoms with E-state index in [1.165, 1.54) is 29.3 Å². The number of aromatic nitrogens is 1. The van der Waals surface area contributed by atoms with Gasteiger partial charge in [0.1, 0.15) is 6.26 Å². The van der Waals surface area contributed by atoms with Crippen LogP contribution in [0.15, 0.2) is 48.9 Å². The predicted molar refractivity (Wildman–Crippen MR) is 107 cm³/mol. The topological polar surface area (TPSA) is 85.7 Å². The van der Waals surface area contributed by atoms with E-state index in [0.717, 1.165) is 17.7 Å². The molecule has 1 aromatic carbocycles. The second-order valence-corrected chi connectivity index (χ2v) is 6.91. The number of nitrogens with zero attached hydrogens (tertiary/aromatic N) is 2. The van der Waals surface area contributed by atoms with Gasteiger partial charge in [0.05, 0.1) is 16.3 Å². The van der Waals surface area contributed by atoms with Crippen molar-refractivity contribution < 1.29 is 28.2 Å². The molecule has 158 valence electrons. The molecule has 0 saturated heterocycles. The van der Waals surface area contributed by atoms with Gasteiger partial charge < -0.3 is 20.4 Å². The lowest BCUT2D eigenvalue weighted by atomic mass is 10.0. The summed E-state index contributed by atoms with van der Waals surface area (Å²) in [5, 5.41) is 21.2. The Balaban J connectivity index is 1.65. The van der Waals surface area contributed by atoms with Gasteiger partial charge in [0.15, 0.2) is 5.76 Å². The minimum absolute atomic E-state index is 0.264. The van der Waals surface area contributed by atoms with Crippen LogP contribution in [0.5, 0.6) is 0 Å². The quantitative estimate of drug-likeness (QED) is 0.552. The number of nitrogens with one attached hydrogen (secondary N) is 1. The molecular weight excluding hydrogens is 423 g/mol. The Kier molecular flexibility index (Phi) is 6.21. The Hall–Kier alpha value is -3.20. The largest absolute Gasteiger partial charge is 0.512 e. The van der Waals surface area contributed by atoms with E-state index in [1.807, 2.05) is 0 Å². The van der Waals surface area contributed by atoms with Crippen molar-refractivity contribution in [1.29, 1.82) is 0 Å². The zero-order valence-electron chi connectivity index (χ0n) is 15.4. The molecular formula is C20H17ClF3N3O3. The van der Waals surface area contributed by atoms with Crippen LogP contribution in [0.25, 0.3) is 11.3 Å². The molecule has 1 aromatic heterocycles. The number of aliphatic hydroxyl groups excluding tert-OH is 2. The molecule has 0 aliphatic carbocycles. The predicted octanol–water partition coefficient (Wildman–Crippen LogP) is 5.49. The summed E-state index contributed by atoms with van der Waals surface area (Å²) < 4.78 is 37.8. The highest BCUT2D eigenvalue weighted by molar-refractivity contribution is 6.32. The number of anilines is 1. The van der Waals surface area contributed by atoms with E-state index >= 15 is 0 Å². The number of rotatable bonds is 3. The fourth-order valence-corrected chi connectivity index (χ4v) is 3.19. The standard InChI is InChI=1S/C20H17ClF3N3O3/c21-16-9-13(17(29)11-28)10-25-18(16)12-5-7-27(8-6-12)19(30)26-15-3-1-14(2-4-15)20(22,23)24/h1-5,9-11,28-29H,6-8H2,(H,26,30)/b17-11+. The number of carbonyl (C=O) groups excluding carboxylic acids is 1. The van der Waals surface area contributed by atoms with Gasteiger partial charge in [-0.15, -0.1) is 0 Å². The summed E-state index contributed by atoms with van der Waals surface area (Å²) in [5.74, 6) is -0.361. The van der Waals surface area contributed by atoms with Crippen LogP contribution in [0.1, 0.15) is 23.2 Å².